The lowest BCUT2D eigenvalue weighted by atomic mass is 10.2. The van der Waals surface area contributed by atoms with Crippen LogP contribution in [0, 0.1) is 5.92 Å². The number of esters is 1. The summed E-state index contributed by atoms with van der Waals surface area (Å²) in [5.74, 6) is -0.881. The zero-order valence-electron chi connectivity index (χ0n) is 9.74. The normalized spacial score (nSPS) is 13.2. The Morgan fingerprint density at radius 3 is 2.67 bits per heavy atom. The van der Waals surface area contributed by atoms with Crippen LogP contribution in [-0.2, 0) is 15.7 Å². The maximum absolute atomic E-state index is 12.2. The van der Waals surface area contributed by atoms with Gasteiger partial charge in [0, 0.05) is 6.54 Å². The van der Waals surface area contributed by atoms with Crippen LogP contribution in [0.1, 0.15) is 18.9 Å². The fraction of sp³-hybridized carbons (Fsp3) is 0.667. The number of rotatable bonds is 5. The Morgan fingerprint density at radius 2 is 2.17 bits per heavy atom. The molecule has 0 amide bonds. The van der Waals surface area contributed by atoms with Crippen LogP contribution in [0.15, 0.2) is 0 Å². The number of carbonyl (C=O) groups is 1. The van der Waals surface area contributed by atoms with Crippen LogP contribution in [0.25, 0.3) is 0 Å². The molecule has 0 radical (unpaired) electrons. The van der Waals surface area contributed by atoms with Crippen LogP contribution >= 0.6 is 11.3 Å². The van der Waals surface area contributed by atoms with Crippen molar-refractivity contribution in [3.05, 3.63) is 5.01 Å². The van der Waals surface area contributed by atoms with Crippen molar-refractivity contribution in [3.8, 4) is 0 Å². The Bertz CT molecular complexity index is 408. The van der Waals surface area contributed by atoms with E-state index >= 15 is 0 Å². The summed E-state index contributed by atoms with van der Waals surface area (Å²) in [5.41, 5.74) is 0. The number of hydrogen-bond acceptors (Lipinski definition) is 6. The van der Waals surface area contributed by atoms with E-state index in [0.29, 0.717) is 11.3 Å². The molecule has 1 aromatic heterocycles. The quantitative estimate of drug-likeness (QED) is 0.839. The number of ether oxygens (including phenoxy) is 1. The molecule has 1 N–H and O–H groups in total. The van der Waals surface area contributed by atoms with Crippen molar-refractivity contribution < 1.29 is 22.7 Å². The molecule has 0 aliphatic heterocycles. The molecule has 0 spiro atoms. The first-order chi connectivity index (χ1) is 8.34. The van der Waals surface area contributed by atoms with Gasteiger partial charge in [-0.05, 0) is 6.92 Å². The number of nitrogens with zero attached hydrogens (tertiary/aromatic N) is 2. The van der Waals surface area contributed by atoms with Gasteiger partial charge >= 0.3 is 12.1 Å². The molecule has 0 bridgehead atoms. The molecule has 0 aliphatic rings. The molecule has 0 saturated carbocycles. The summed E-state index contributed by atoms with van der Waals surface area (Å²) in [7, 11) is 0. The van der Waals surface area contributed by atoms with Gasteiger partial charge in [-0.3, -0.25) is 4.79 Å². The Labute approximate surface area is 105 Å². The fourth-order valence-electron chi connectivity index (χ4n) is 1.02. The van der Waals surface area contributed by atoms with Crippen LogP contribution in [0.5, 0.6) is 0 Å². The van der Waals surface area contributed by atoms with E-state index in [2.05, 4.69) is 15.5 Å². The third-order valence-electron chi connectivity index (χ3n) is 1.92. The first-order valence-corrected chi connectivity index (χ1v) is 5.97. The van der Waals surface area contributed by atoms with E-state index in [0.717, 1.165) is 0 Å². The maximum atomic E-state index is 12.2. The minimum atomic E-state index is -4.50. The molecule has 1 atom stereocenters. The highest BCUT2D eigenvalue weighted by molar-refractivity contribution is 7.15. The Balaban J connectivity index is 2.49. The summed E-state index contributed by atoms with van der Waals surface area (Å²) < 4.78 is 41.5. The van der Waals surface area contributed by atoms with Gasteiger partial charge in [0.15, 0.2) is 0 Å². The number of anilines is 1. The number of carbonyl (C=O) groups excluding carboxylic acids is 1. The standard InChI is InChI=1S/C9H12F3N3O2S/c1-3-17-6(16)5(2)4-13-8-15-14-7(18-8)9(10,11)12/h5H,3-4H2,1-2H3,(H,13,15). The summed E-state index contributed by atoms with van der Waals surface area (Å²) >= 11 is 0.396. The van der Waals surface area contributed by atoms with Crippen LogP contribution in [0.4, 0.5) is 18.3 Å². The monoisotopic (exact) mass is 283 g/mol. The van der Waals surface area contributed by atoms with E-state index in [4.69, 9.17) is 4.74 Å². The Kier molecular flexibility index (Phi) is 4.88. The molecule has 1 rings (SSSR count). The number of alkyl halides is 3. The van der Waals surface area contributed by atoms with Crippen molar-refractivity contribution in [1.29, 1.82) is 0 Å². The highest BCUT2D eigenvalue weighted by Gasteiger charge is 2.35. The van der Waals surface area contributed by atoms with E-state index in [-0.39, 0.29) is 18.3 Å². The largest absolute Gasteiger partial charge is 0.466 e. The molecule has 0 fully saturated rings. The first kappa shape index (κ1) is 14.7. The second-order valence-electron chi connectivity index (χ2n) is 3.44. The maximum Gasteiger partial charge on any atom is 0.445 e. The van der Waals surface area contributed by atoms with Crippen LogP contribution in [0.3, 0.4) is 0 Å². The lowest BCUT2D eigenvalue weighted by molar-refractivity contribution is -0.146. The number of nitrogens with one attached hydrogen (secondary N) is 1. The van der Waals surface area contributed by atoms with E-state index in [1.807, 2.05) is 0 Å². The van der Waals surface area contributed by atoms with E-state index in [1.165, 1.54) is 0 Å². The van der Waals surface area contributed by atoms with Gasteiger partial charge in [0.05, 0.1) is 12.5 Å². The Hall–Kier alpha value is -1.38. The second kappa shape index (κ2) is 5.98. The van der Waals surface area contributed by atoms with Crippen LogP contribution < -0.4 is 5.32 Å². The van der Waals surface area contributed by atoms with Gasteiger partial charge < -0.3 is 10.1 Å². The fourth-order valence-corrected chi connectivity index (χ4v) is 1.64. The lowest BCUT2D eigenvalue weighted by Crippen LogP contribution is -2.22. The summed E-state index contributed by atoms with van der Waals surface area (Å²) in [6, 6.07) is 0. The highest BCUT2D eigenvalue weighted by atomic mass is 32.1. The summed E-state index contributed by atoms with van der Waals surface area (Å²) in [6.07, 6.45) is -4.50. The topological polar surface area (TPSA) is 64.1 Å². The average molecular weight is 283 g/mol. The van der Waals surface area contributed by atoms with Crippen molar-refractivity contribution in [2.24, 2.45) is 5.92 Å². The first-order valence-electron chi connectivity index (χ1n) is 5.15. The van der Waals surface area contributed by atoms with Gasteiger partial charge in [0.2, 0.25) is 10.1 Å². The molecule has 102 valence electrons. The average Bonchev–Trinajstić information content (AvgIpc) is 2.74. The van der Waals surface area contributed by atoms with Crippen molar-refractivity contribution in [2.75, 3.05) is 18.5 Å². The smallest absolute Gasteiger partial charge is 0.445 e. The van der Waals surface area contributed by atoms with Gasteiger partial charge in [-0.1, -0.05) is 18.3 Å². The highest BCUT2D eigenvalue weighted by Crippen LogP contribution is 2.32. The summed E-state index contributed by atoms with van der Waals surface area (Å²) in [4.78, 5) is 11.3. The number of aromatic nitrogens is 2. The van der Waals surface area contributed by atoms with Crippen molar-refractivity contribution >= 4 is 22.4 Å². The van der Waals surface area contributed by atoms with Gasteiger partial charge in [-0.15, -0.1) is 10.2 Å². The van der Waals surface area contributed by atoms with Crippen molar-refractivity contribution in [2.45, 2.75) is 20.0 Å². The van der Waals surface area contributed by atoms with E-state index < -0.39 is 23.1 Å². The third kappa shape index (κ3) is 4.13. The van der Waals surface area contributed by atoms with E-state index in [1.54, 1.807) is 13.8 Å². The Morgan fingerprint density at radius 1 is 1.50 bits per heavy atom. The third-order valence-corrected chi connectivity index (χ3v) is 2.84. The van der Waals surface area contributed by atoms with Gasteiger partial charge in [0.25, 0.3) is 0 Å². The molecule has 0 aromatic carbocycles. The molecule has 0 aliphatic carbocycles. The molecule has 0 saturated heterocycles. The minimum Gasteiger partial charge on any atom is -0.466 e. The predicted octanol–water partition coefficient (Wildman–Crippen LogP) is 2.17. The van der Waals surface area contributed by atoms with Gasteiger partial charge in [-0.25, -0.2) is 0 Å². The van der Waals surface area contributed by atoms with Gasteiger partial charge in [-0.2, -0.15) is 13.2 Å². The molecule has 9 heteroatoms. The SMILES string of the molecule is CCOC(=O)C(C)CNc1nnc(C(F)(F)F)s1. The molecular weight excluding hydrogens is 271 g/mol. The van der Waals surface area contributed by atoms with Crippen LogP contribution in [-0.4, -0.2) is 29.3 Å². The molecular formula is C9H12F3N3O2S. The second-order valence-corrected chi connectivity index (χ2v) is 4.42. The van der Waals surface area contributed by atoms with Crippen molar-refractivity contribution in [1.82, 2.24) is 10.2 Å². The number of halogens is 3. The molecule has 5 nitrogen and oxygen atoms in total. The van der Waals surface area contributed by atoms with Crippen LogP contribution in [0.2, 0.25) is 0 Å². The van der Waals surface area contributed by atoms with Crippen molar-refractivity contribution in [3.63, 3.8) is 0 Å². The lowest BCUT2D eigenvalue weighted by Gasteiger charge is -2.10. The zero-order chi connectivity index (χ0) is 13.8. The predicted molar refractivity (Wildman–Crippen MR) is 59.2 cm³/mol. The molecule has 1 aromatic rings. The minimum absolute atomic E-state index is 0.0264. The number of hydrogen-bond donors (Lipinski definition) is 1. The molecule has 18 heavy (non-hydrogen) atoms. The molecule has 1 unspecified atom stereocenters. The van der Waals surface area contributed by atoms with E-state index in [9.17, 15) is 18.0 Å². The zero-order valence-corrected chi connectivity index (χ0v) is 10.6. The summed E-state index contributed by atoms with van der Waals surface area (Å²) in [6.45, 7) is 3.70. The molecule has 1 heterocycles. The summed E-state index contributed by atoms with van der Waals surface area (Å²) in [5, 5.41) is 7.98. The van der Waals surface area contributed by atoms with Gasteiger partial charge in [0.1, 0.15) is 0 Å².